The molecule has 0 aromatic heterocycles. The molecule has 0 bridgehead atoms. The summed E-state index contributed by atoms with van der Waals surface area (Å²) in [5.41, 5.74) is 2.54. The normalized spacial score (nSPS) is 14.2. The van der Waals surface area contributed by atoms with Crippen LogP contribution in [-0.2, 0) is 9.59 Å². The summed E-state index contributed by atoms with van der Waals surface area (Å²) in [4.78, 5) is 23.3. The number of amides is 2. The van der Waals surface area contributed by atoms with Crippen molar-refractivity contribution in [3.8, 4) is 11.5 Å². The van der Waals surface area contributed by atoms with Crippen molar-refractivity contribution in [1.82, 2.24) is 5.32 Å². The Kier molecular flexibility index (Phi) is 6.32. The quantitative estimate of drug-likeness (QED) is 0.776. The molecule has 0 aliphatic carbocycles. The lowest BCUT2D eigenvalue weighted by atomic mass is 10.1. The Balaban J connectivity index is 1.59. The van der Waals surface area contributed by atoms with Gasteiger partial charge in [-0.3, -0.25) is 9.59 Å². The molecule has 0 spiro atoms. The molecule has 0 saturated carbocycles. The summed E-state index contributed by atoms with van der Waals surface area (Å²) < 4.78 is 11.3. The number of benzene rings is 2. The minimum absolute atomic E-state index is 0.119. The first kappa shape index (κ1) is 19.5. The number of anilines is 1. The summed E-state index contributed by atoms with van der Waals surface area (Å²) >= 11 is 0. The summed E-state index contributed by atoms with van der Waals surface area (Å²) in [6, 6.07) is 12.8. The van der Waals surface area contributed by atoms with Crippen LogP contribution in [0.4, 0.5) is 5.69 Å². The highest BCUT2D eigenvalue weighted by Gasteiger charge is 2.14. The molecule has 2 N–H and O–H groups in total. The largest absolute Gasteiger partial charge is 0.490 e. The Morgan fingerprint density at radius 3 is 2.46 bits per heavy atom. The number of hydrogen-bond donors (Lipinski definition) is 2. The number of carbonyl (C=O) groups excluding carboxylic acids is 2. The number of hydrogen-bond acceptors (Lipinski definition) is 4. The van der Waals surface area contributed by atoms with Gasteiger partial charge in [0.1, 0.15) is 0 Å². The van der Waals surface area contributed by atoms with Gasteiger partial charge in [0.2, 0.25) is 11.8 Å². The van der Waals surface area contributed by atoms with E-state index in [1.54, 1.807) is 18.2 Å². The zero-order valence-corrected chi connectivity index (χ0v) is 16.0. The third-order valence-electron chi connectivity index (χ3n) is 4.29. The van der Waals surface area contributed by atoms with Gasteiger partial charge in [0, 0.05) is 25.1 Å². The van der Waals surface area contributed by atoms with Crippen LogP contribution in [0.2, 0.25) is 0 Å². The van der Waals surface area contributed by atoms with Crippen LogP contribution in [0.15, 0.2) is 48.5 Å². The van der Waals surface area contributed by atoms with E-state index in [1.807, 2.05) is 37.3 Å². The third-order valence-corrected chi connectivity index (χ3v) is 4.29. The number of fused-ring (bicyclic) bond motifs is 1. The van der Waals surface area contributed by atoms with E-state index in [0.29, 0.717) is 19.0 Å². The Morgan fingerprint density at radius 2 is 1.75 bits per heavy atom. The van der Waals surface area contributed by atoms with Gasteiger partial charge in [-0.05, 0) is 48.4 Å². The fourth-order valence-electron chi connectivity index (χ4n) is 2.85. The smallest absolute Gasteiger partial charge is 0.244 e. The monoisotopic (exact) mass is 380 g/mol. The van der Waals surface area contributed by atoms with Gasteiger partial charge < -0.3 is 20.1 Å². The third kappa shape index (κ3) is 5.36. The predicted octanol–water partition coefficient (Wildman–Crippen LogP) is 3.70. The molecular formula is C22H24N2O4. The van der Waals surface area contributed by atoms with Crippen molar-refractivity contribution < 1.29 is 19.1 Å². The maximum absolute atomic E-state index is 12.2. The molecule has 1 aliphatic heterocycles. The van der Waals surface area contributed by atoms with E-state index >= 15 is 0 Å². The maximum atomic E-state index is 12.2. The topological polar surface area (TPSA) is 76.7 Å². The van der Waals surface area contributed by atoms with E-state index in [2.05, 4.69) is 10.6 Å². The highest BCUT2D eigenvalue weighted by Crippen LogP contribution is 2.32. The number of carbonyl (C=O) groups is 2. The van der Waals surface area contributed by atoms with Gasteiger partial charge in [-0.1, -0.05) is 18.2 Å². The second-order valence-electron chi connectivity index (χ2n) is 6.62. The van der Waals surface area contributed by atoms with E-state index in [4.69, 9.17) is 9.47 Å². The van der Waals surface area contributed by atoms with Crippen molar-refractivity contribution in [1.29, 1.82) is 0 Å². The summed E-state index contributed by atoms with van der Waals surface area (Å²) in [5.74, 6) is 1.14. The molecule has 1 aliphatic rings. The zero-order chi connectivity index (χ0) is 19.9. The molecule has 1 heterocycles. The Morgan fingerprint density at radius 1 is 1.04 bits per heavy atom. The summed E-state index contributed by atoms with van der Waals surface area (Å²) in [6.07, 6.45) is 4.08. The van der Waals surface area contributed by atoms with E-state index < -0.39 is 0 Å². The van der Waals surface area contributed by atoms with Crippen LogP contribution in [0.1, 0.15) is 37.4 Å². The van der Waals surface area contributed by atoms with E-state index in [0.717, 1.165) is 29.0 Å². The molecule has 1 unspecified atom stereocenters. The van der Waals surface area contributed by atoms with Crippen molar-refractivity contribution in [3.05, 3.63) is 59.7 Å². The minimum Gasteiger partial charge on any atom is -0.490 e. The summed E-state index contributed by atoms with van der Waals surface area (Å²) in [6.45, 7) is 4.66. The zero-order valence-electron chi connectivity index (χ0n) is 16.0. The number of rotatable bonds is 5. The van der Waals surface area contributed by atoms with E-state index in [-0.39, 0.29) is 17.9 Å². The fraction of sp³-hybridized carbons (Fsp3) is 0.273. The second-order valence-corrected chi connectivity index (χ2v) is 6.62. The first-order chi connectivity index (χ1) is 13.5. The van der Waals surface area contributed by atoms with Crippen molar-refractivity contribution in [2.75, 3.05) is 18.5 Å². The second kappa shape index (κ2) is 9.08. The maximum Gasteiger partial charge on any atom is 0.244 e. The SMILES string of the molecule is CC(=O)Nc1ccc(/C=C/C(=O)NC(C)c2ccc3c(c2)OCCCO3)cc1. The van der Waals surface area contributed by atoms with Crippen LogP contribution in [0.3, 0.4) is 0 Å². The van der Waals surface area contributed by atoms with Crippen molar-refractivity contribution in [2.24, 2.45) is 0 Å². The van der Waals surface area contributed by atoms with E-state index in [1.165, 1.54) is 13.0 Å². The van der Waals surface area contributed by atoms with Gasteiger partial charge in [0.15, 0.2) is 11.5 Å². The van der Waals surface area contributed by atoms with Crippen molar-refractivity contribution in [2.45, 2.75) is 26.3 Å². The standard InChI is InChI=1S/C22H24N2O4/c1-15(18-7-10-20-21(14-18)28-13-3-12-27-20)23-22(26)11-6-17-4-8-19(9-5-17)24-16(2)25/h4-11,14-15H,3,12-13H2,1-2H3,(H,23,26)(H,24,25)/b11-6+. The summed E-state index contributed by atoms with van der Waals surface area (Å²) in [5, 5.41) is 5.65. The van der Waals surface area contributed by atoms with E-state index in [9.17, 15) is 9.59 Å². The highest BCUT2D eigenvalue weighted by molar-refractivity contribution is 5.92. The predicted molar refractivity (Wildman–Crippen MR) is 108 cm³/mol. The van der Waals surface area contributed by atoms with Crippen LogP contribution < -0.4 is 20.1 Å². The Labute approximate surface area is 164 Å². The lowest BCUT2D eigenvalue weighted by Gasteiger charge is -2.15. The minimum atomic E-state index is -0.189. The molecule has 0 saturated heterocycles. The molecule has 6 heteroatoms. The lowest BCUT2D eigenvalue weighted by molar-refractivity contribution is -0.117. The number of nitrogens with one attached hydrogen (secondary N) is 2. The fourth-order valence-corrected chi connectivity index (χ4v) is 2.85. The average Bonchev–Trinajstić information content (AvgIpc) is 2.91. The molecule has 3 rings (SSSR count). The van der Waals surface area contributed by atoms with Gasteiger partial charge in [0.25, 0.3) is 0 Å². The van der Waals surface area contributed by atoms with Crippen LogP contribution >= 0.6 is 0 Å². The molecular weight excluding hydrogens is 356 g/mol. The molecule has 28 heavy (non-hydrogen) atoms. The lowest BCUT2D eigenvalue weighted by Crippen LogP contribution is -2.24. The van der Waals surface area contributed by atoms with Crippen LogP contribution in [-0.4, -0.2) is 25.0 Å². The number of ether oxygens (including phenoxy) is 2. The molecule has 2 aromatic rings. The van der Waals surface area contributed by atoms with Gasteiger partial charge in [-0.2, -0.15) is 0 Å². The first-order valence-corrected chi connectivity index (χ1v) is 9.27. The Bertz CT molecular complexity index is 875. The van der Waals surface area contributed by atoms with Gasteiger partial charge in [-0.25, -0.2) is 0 Å². The van der Waals surface area contributed by atoms with Crippen LogP contribution in [0.25, 0.3) is 6.08 Å². The average molecular weight is 380 g/mol. The molecule has 0 fully saturated rings. The van der Waals surface area contributed by atoms with Crippen LogP contribution in [0.5, 0.6) is 11.5 Å². The van der Waals surface area contributed by atoms with Gasteiger partial charge in [0.05, 0.1) is 19.3 Å². The molecule has 1 atom stereocenters. The first-order valence-electron chi connectivity index (χ1n) is 9.27. The molecule has 0 radical (unpaired) electrons. The van der Waals surface area contributed by atoms with Gasteiger partial charge in [-0.15, -0.1) is 0 Å². The molecule has 2 amide bonds. The van der Waals surface area contributed by atoms with Crippen molar-refractivity contribution >= 4 is 23.6 Å². The highest BCUT2D eigenvalue weighted by atomic mass is 16.5. The van der Waals surface area contributed by atoms with Crippen LogP contribution in [0, 0.1) is 0 Å². The summed E-state index contributed by atoms with van der Waals surface area (Å²) in [7, 11) is 0. The Hall–Kier alpha value is -3.28. The van der Waals surface area contributed by atoms with Gasteiger partial charge >= 0.3 is 0 Å². The molecule has 146 valence electrons. The molecule has 2 aromatic carbocycles. The molecule has 6 nitrogen and oxygen atoms in total. The van der Waals surface area contributed by atoms with Crippen molar-refractivity contribution in [3.63, 3.8) is 0 Å².